The van der Waals surface area contributed by atoms with E-state index in [2.05, 4.69) is 10.0 Å². The molecule has 0 fully saturated rings. The maximum Gasteiger partial charge on any atom is 0.240 e. The van der Waals surface area contributed by atoms with Gasteiger partial charge in [0.15, 0.2) is 0 Å². The molecule has 124 valence electrons. The van der Waals surface area contributed by atoms with Crippen molar-refractivity contribution >= 4 is 15.9 Å². The van der Waals surface area contributed by atoms with E-state index in [9.17, 15) is 13.2 Å². The third kappa shape index (κ3) is 6.15. The Morgan fingerprint density at radius 1 is 1.14 bits per heavy atom. The van der Waals surface area contributed by atoms with E-state index in [-0.39, 0.29) is 22.9 Å². The van der Waals surface area contributed by atoms with Gasteiger partial charge in [0.25, 0.3) is 0 Å². The van der Waals surface area contributed by atoms with E-state index in [0.29, 0.717) is 12.8 Å². The highest BCUT2D eigenvalue weighted by molar-refractivity contribution is 7.89. The van der Waals surface area contributed by atoms with Crippen molar-refractivity contribution in [1.29, 1.82) is 0 Å². The van der Waals surface area contributed by atoms with Gasteiger partial charge >= 0.3 is 0 Å². The molecule has 0 aliphatic rings. The third-order valence-corrected chi connectivity index (χ3v) is 4.96. The first-order chi connectivity index (χ1) is 10.2. The number of rotatable bonds is 8. The van der Waals surface area contributed by atoms with Crippen LogP contribution in [-0.2, 0) is 21.2 Å². The number of hydrogen-bond acceptors (Lipinski definition) is 3. The molecule has 0 aliphatic heterocycles. The molecule has 0 saturated carbocycles. The van der Waals surface area contributed by atoms with E-state index in [1.54, 1.807) is 38.1 Å². The van der Waals surface area contributed by atoms with Gasteiger partial charge < -0.3 is 5.32 Å². The predicted molar refractivity (Wildman–Crippen MR) is 88.1 cm³/mol. The second-order valence-corrected chi connectivity index (χ2v) is 7.51. The van der Waals surface area contributed by atoms with Crippen LogP contribution in [0.3, 0.4) is 0 Å². The minimum absolute atomic E-state index is 0.0209. The first kappa shape index (κ1) is 18.6. The van der Waals surface area contributed by atoms with Crippen LogP contribution in [0.5, 0.6) is 0 Å². The number of sulfonamides is 1. The van der Waals surface area contributed by atoms with Crippen LogP contribution in [0.25, 0.3) is 0 Å². The highest BCUT2D eigenvalue weighted by Gasteiger charge is 2.15. The van der Waals surface area contributed by atoms with Gasteiger partial charge in [0.2, 0.25) is 15.9 Å². The lowest BCUT2D eigenvalue weighted by molar-refractivity contribution is -0.121. The highest BCUT2D eigenvalue weighted by Crippen LogP contribution is 2.12. The Morgan fingerprint density at radius 2 is 1.73 bits per heavy atom. The summed E-state index contributed by atoms with van der Waals surface area (Å²) in [6, 6.07) is 6.70. The zero-order valence-electron chi connectivity index (χ0n) is 13.7. The van der Waals surface area contributed by atoms with Crippen LogP contribution in [0.4, 0.5) is 0 Å². The standard InChI is InChI=1S/C16H26N2O3S/c1-5-13(4)17-16(19)11-8-14-6-9-15(10-7-14)22(20,21)18-12(2)3/h6-7,9-10,12-13,18H,5,8,11H2,1-4H3,(H,17,19)/t13-/m0/s1. The van der Waals surface area contributed by atoms with Gasteiger partial charge in [-0.1, -0.05) is 19.1 Å². The van der Waals surface area contributed by atoms with Crippen molar-refractivity contribution in [2.45, 2.75) is 63.9 Å². The summed E-state index contributed by atoms with van der Waals surface area (Å²) >= 11 is 0. The van der Waals surface area contributed by atoms with Crippen LogP contribution >= 0.6 is 0 Å². The molecule has 0 saturated heterocycles. The quantitative estimate of drug-likeness (QED) is 0.769. The van der Waals surface area contributed by atoms with Crippen LogP contribution in [0.15, 0.2) is 29.2 Å². The minimum atomic E-state index is -3.46. The molecule has 0 aliphatic carbocycles. The average Bonchev–Trinajstić information content (AvgIpc) is 2.44. The van der Waals surface area contributed by atoms with Gasteiger partial charge in [-0.15, -0.1) is 0 Å². The maximum atomic E-state index is 12.0. The Labute approximate surface area is 133 Å². The van der Waals surface area contributed by atoms with Crippen LogP contribution in [0.1, 0.15) is 46.1 Å². The highest BCUT2D eigenvalue weighted by atomic mass is 32.2. The second-order valence-electron chi connectivity index (χ2n) is 5.80. The number of nitrogens with one attached hydrogen (secondary N) is 2. The lowest BCUT2D eigenvalue weighted by atomic mass is 10.1. The molecular formula is C16H26N2O3S. The largest absolute Gasteiger partial charge is 0.354 e. The molecule has 22 heavy (non-hydrogen) atoms. The number of amides is 1. The number of carbonyl (C=O) groups is 1. The van der Waals surface area contributed by atoms with E-state index in [1.165, 1.54) is 0 Å². The van der Waals surface area contributed by atoms with Gasteiger partial charge in [-0.2, -0.15) is 0 Å². The molecule has 0 unspecified atom stereocenters. The smallest absolute Gasteiger partial charge is 0.240 e. The minimum Gasteiger partial charge on any atom is -0.354 e. The van der Waals surface area contributed by atoms with Gasteiger partial charge in [-0.25, -0.2) is 13.1 Å². The Hall–Kier alpha value is -1.40. The molecule has 0 heterocycles. The van der Waals surface area contributed by atoms with Gasteiger partial charge in [0.05, 0.1) is 4.90 Å². The van der Waals surface area contributed by atoms with Crippen molar-refractivity contribution in [2.75, 3.05) is 0 Å². The van der Waals surface area contributed by atoms with Gasteiger partial charge in [-0.3, -0.25) is 4.79 Å². The van der Waals surface area contributed by atoms with Crippen LogP contribution < -0.4 is 10.0 Å². The topological polar surface area (TPSA) is 75.3 Å². The van der Waals surface area contributed by atoms with Crippen molar-refractivity contribution in [1.82, 2.24) is 10.0 Å². The molecule has 0 bridgehead atoms. The predicted octanol–water partition coefficient (Wildman–Crippen LogP) is 2.22. The zero-order valence-corrected chi connectivity index (χ0v) is 14.5. The Morgan fingerprint density at radius 3 is 2.23 bits per heavy atom. The van der Waals surface area contributed by atoms with Crippen molar-refractivity contribution in [3.63, 3.8) is 0 Å². The lowest BCUT2D eigenvalue weighted by Gasteiger charge is -2.12. The van der Waals surface area contributed by atoms with Crippen LogP contribution in [-0.4, -0.2) is 26.4 Å². The van der Waals surface area contributed by atoms with Crippen molar-refractivity contribution in [3.8, 4) is 0 Å². The number of hydrogen-bond donors (Lipinski definition) is 2. The van der Waals surface area contributed by atoms with Gasteiger partial charge in [0, 0.05) is 18.5 Å². The molecule has 0 radical (unpaired) electrons. The molecule has 1 aromatic rings. The summed E-state index contributed by atoms with van der Waals surface area (Å²) in [5.74, 6) is 0.0209. The fourth-order valence-electron chi connectivity index (χ4n) is 1.92. The van der Waals surface area contributed by atoms with Gasteiger partial charge in [-0.05, 0) is 51.3 Å². The SMILES string of the molecule is CC[C@H](C)NC(=O)CCc1ccc(S(=O)(=O)NC(C)C)cc1. The molecule has 1 aromatic carbocycles. The molecular weight excluding hydrogens is 300 g/mol. The summed E-state index contributed by atoms with van der Waals surface area (Å²) in [4.78, 5) is 12.0. The van der Waals surface area contributed by atoms with E-state index >= 15 is 0 Å². The summed E-state index contributed by atoms with van der Waals surface area (Å²) in [5, 5.41) is 2.91. The molecule has 1 rings (SSSR count). The maximum absolute atomic E-state index is 12.0. The summed E-state index contributed by atoms with van der Waals surface area (Å²) < 4.78 is 26.5. The van der Waals surface area contributed by atoms with Crippen molar-refractivity contribution in [2.24, 2.45) is 0 Å². The average molecular weight is 326 g/mol. The molecule has 2 N–H and O–H groups in total. The van der Waals surface area contributed by atoms with Gasteiger partial charge in [0.1, 0.15) is 0 Å². The van der Waals surface area contributed by atoms with Crippen molar-refractivity contribution < 1.29 is 13.2 Å². The van der Waals surface area contributed by atoms with E-state index < -0.39 is 10.0 Å². The second kappa shape index (κ2) is 8.29. The molecule has 0 spiro atoms. The summed E-state index contributed by atoms with van der Waals surface area (Å²) in [7, 11) is -3.46. The van der Waals surface area contributed by atoms with E-state index in [4.69, 9.17) is 0 Å². The van der Waals surface area contributed by atoms with Crippen LogP contribution in [0, 0.1) is 0 Å². The fourth-order valence-corrected chi connectivity index (χ4v) is 3.17. The Balaban J connectivity index is 2.61. The molecule has 1 amide bonds. The number of benzene rings is 1. The molecule has 5 nitrogen and oxygen atoms in total. The van der Waals surface area contributed by atoms with Crippen molar-refractivity contribution in [3.05, 3.63) is 29.8 Å². The molecule has 1 atom stereocenters. The number of carbonyl (C=O) groups excluding carboxylic acids is 1. The first-order valence-electron chi connectivity index (χ1n) is 7.65. The number of aryl methyl sites for hydroxylation is 1. The monoisotopic (exact) mass is 326 g/mol. The normalized spacial score (nSPS) is 13.1. The van der Waals surface area contributed by atoms with E-state index in [1.807, 2.05) is 13.8 Å². The lowest BCUT2D eigenvalue weighted by Crippen LogP contribution is -2.32. The summed E-state index contributed by atoms with van der Waals surface area (Å²) in [6.07, 6.45) is 1.90. The third-order valence-electron chi connectivity index (χ3n) is 3.29. The van der Waals surface area contributed by atoms with Crippen LogP contribution in [0.2, 0.25) is 0 Å². The Kier molecular flexibility index (Phi) is 7.03. The molecule has 0 aromatic heterocycles. The fraction of sp³-hybridized carbons (Fsp3) is 0.562. The first-order valence-corrected chi connectivity index (χ1v) is 9.13. The molecule has 6 heteroatoms. The zero-order chi connectivity index (χ0) is 16.8. The Bertz CT molecular complexity index is 580. The van der Waals surface area contributed by atoms with E-state index in [0.717, 1.165) is 12.0 Å². The summed E-state index contributed by atoms with van der Waals surface area (Å²) in [6.45, 7) is 7.55. The summed E-state index contributed by atoms with van der Waals surface area (Å²) in [5.41, 5.74) is 0.947.